The maximum absolute atomic E-state index is 12.9. The van der Waals surface area contributed by atoms with Gasteiger partial charge in [-0.1, -0.05) is 11.3 Å². The summed E-state index contributed by atoms with van der Waals surface area (Å²) in [5.41, 5.74) is 7.31. The van der Waals surface area contributed by atoms with Crippen molar-refractivity contribution >= 4 is 33.8 Å². The molecule has 1 aliphatic heterocycles. The summed E-state index contributed by atoms with van der Waals surface area (Å²) in [5.74, 6) is 1.95. The Morgan fingerprint density at radius 3 is 2.73 bits per heavy atom. The van der Waals surface area contributed by atoms with Crippen LogP contribution in [-0.4, -0.2) is 49.7 Å². The number of likely N-dealkylation sites (N-methyl/N-ethyl adjacent to an activating group) is 1. The molecule has 0 unspecified atom stereocenters. The average molecular weight is 426 g/mol. The average Bonchev–Trinajstić information content (AvgIpc) is 3.34. The molecule has 0 amide bonds. The number of nitrogens with two attached hydrogens (primary N) is 1. The van der Waals surface area contributed by atoms with E-state index in [4.69, 9.17) is 19.9 Å². The molecule has 3 aromatic rings. The van der Waals surface area contributed by atoms with Crippen LogP contribution in [0.15, 0.2) is 42.5 Å². The van der Waals surface area contributed by atoms with Crippen molar-refractivity contribution < 1.29 is 19.0 Å². The highest BCUT2D eigenvalue weighted by molar-refractivity contribution is 7.18. The number of benzene rings is 2. The number of carbonyl (C=O) groups is 1. The van der Waals surface area contributed by atoms with E-state index in [0.717, 1.165) is 18.0 Å². The molecule has 1 aliphatic rings. The van der Waals surface area contributed by atoms with E-state index in [1.54, 1.807) is 18.2 Å². The minimum absolute atomic E-state index is 0.156. The number of thiazole rings is 1. The predicted octanol–water partition coefficient (Wildman–Crippen LogP) is 3.37. The first kappa shape index (κ1) is 20.0. The number of ketones is 1. The number of nitrogens with zero attached hydrogens (tertiary/aromatic N) is 2. The van der Waals surface area contributed by atoms with Gasteiger partial charge in [-0.25, -0.2) is 4.98 Å². The number of fused-ring (bicyclic) bond motifs is 1. The lowest BCUT2D eigenvalue weighted by Crippen LogP contribution is -2.19. The van der Waals surface area contributed by atoms with E-state index in [0.29, 0.717) is 33.7 Å². The molecule has 4 rings (SSSR count). The Kier molecular flexibility index (Phi) is 5.73. The van der Waals surface area contributed by atoms with Crippen molar-refractivity contribution in [1.82, 2.24) is 9.88 Å². The number of hydrogen-bond acceptors (Lipinski definition) is 9. The Balaban J connectivity index is 1.43. The van der Waals surface area contributed by atoms with Gasteiger partial charge in [-0.3, -0.25) is 4.79 Å². The first-order chi connectivity index (χ1) is 14.5. The van der Waals surface area contributed by atoms with Crippen LogP contribution >= 0.6 is 11.3 Å². The molecule has 0 fully saturated rings. The van der Waals surface area contributed by atoms with Crippen LogP contribution < -0.4 is 25.3 Å². The van der Waals surface area contributed by atoms with Crippen molar-refractivity contribution in [2.75, 3.05) is 45.1 Å². The summed E-state index contributed by atoms with van der Waals surface area (Å²) >= 11 is 1.21. The Hall–Kier alpha value is -3.30. The van der Waals surface area contributed by atoms with Gasteiger partial charge in [-0.15, -0.1) is 0 Å². The van der Waals surface area contributed by atoms with Gasteiger partial charge in [-0.05, 0) is 56.6 Å². The minimum Gasteiger partial charge on any atom is -0.492 e. The van der Waals surface area contributed by atoms with Crippen LogP contribution in [0, 0.1) is 0 Å². The van der Waals surface area contributed by atoms with Gasteiger partial charge in [0.1, 0.15) is 23.1 Å². The van der Waals surface area contributed by atoms with E-state index < -0.39 is 0 Å². The fraction of sp³-hybridized carbons (Fsp3) is 0.238. The van der Waals surface area contributed by atoms with Crippen LogP contribution in [0.2, 0.25) is 0 Å². The van der Waals surface area contributed by atoms with Crippen molar-refractivity contribution in [3.05, 3.63) is 52.9 Å². The highest BCUT2D eigenvalue weighted by atomic mass is 32.1. The van der Waals surface area contributed by atoms with Gasteiger partial charge in [-0.2, -0.15) is 0 Å². The number of anilines is 3. The van der Waals surface area contributed by atoms with E-state index in [-0.39, 0.29) is 18.4 Å². The maximum atomic E-state index is 12.9. The van der Waals surface area contributed by atoms with Crippen molar-refractivity contribution in [3.63, 3.8) is 0 Å². The topological polar surface area (TPSA) is 98.9 Å². The molecule has 2 aromatic carbocycles. The number of hydrogen-bond donors (Lipinski definition) is 2. The number of nitrogen functional groups attached to an aromatic ring is 1. The van der Waals surface area contributed by atoms with Crippen molar-refractivity contribution in [3.8, 4) is 17.2 Å². The van der Waals surface area contributed by atoms with E-state index in [1.165, 1.54) is 11.3 Å². The van der Waals surface area contributed by atoms with E-state index in [2.05, 4.69) is 15.2 Å². The molecule has 30 heavy (non-hydrogen) atoms. The summed E-state index contributed by atoms with van der Waals surface area (Å²) in [6, 6.07) is 12.6. The largest absolute Gasteiger partial charge is 0.492 e. The molecular weight excluding hydrogens is 404 g/mol. The third kappa shape index (κ3) is 4.47. The highest BCUT2D eigenvalue weighted by Crippen LogP contribution is 2.35. The summed E-state index contributed by atoms with van der Waals surface area (Å²) in [6.45, 7) is 1.62. The Bertz CT molecular complexity index is 1050. The van der Waals surface area contributed by atoms with Gasteiger partial charge in [0.2, 0.25) is 12.6 Å². The standard InChI is InChI=1S/C21H22N4O4S/c1-25(2)9-10-27-15-6-4-14(5-7-15)23-21-24-20(22)19(30-21)18(26)13-3-8-16-17(11-13)29-12-28-16/h3-8,11H,9-10,12,22H2,1-2H3,(H,23,24). The monoisotopic (exact) mass is 426 g/mol. The zero-order valence-corrected chi connectivity index (χ0v) is 17.5. The van der Waals surface area contributed by atoms with Crippen molar-refractivity contribution in [2.24, 2.45) is 0 Å². The zero-order chi connectivity index (χ0) is 21.1. The Morgan fingerprint density at radius 2 is 1.97 bits per heavy atom. The molecule has 3 N–H and O–H groups in total. The van der Waals surface area contributed by atoms with Gasteiger partial charge < -0.3 is 30.2 Å². The molecular formula is C21H22N4O4S. The third-order valence-electron chi connectivity index (χ3n) is 4.41. The van der Waals surface area contributed by atoms with Crippen LogP contribution in [0.5, 0.6) is 17.2 Å². The van der Waals surface area contributed by atoms with Crippen molar-refractivity contribution in [1.29, 1.82) is 0 Å². The second-order valence-electron chi connectivity index (χ2n) is 6.93. The highest BCUT2D eigenvalue weighted by Gasteiger charge is 2.21. The number of rotatable bonds is 8. The smallest absolute Gasteiger partial charge is 0.231 e. The number of aromatic nitrogens is 1. The fourth-order valence-electron chi connectivity index (χ4n) is 2.82. The zero-order valence-electron chi connectivity index (χ0n) is 16.7. The first-order valence-corrected chi connectivity index (χ1v) is 10.2. The normalized spacial score (nSPS) is 12.2. The van der Waals surface area contributed by atoms with Gasteiger partial charge >= 0.3 is 0 Å². The van der Waals surface area contributed by atoms with Gasteiger partial charge in [0, 0.05) is 17.8 Å². The van der Waals surface area contributed by atoms with Gasteiger partial charge in [0.15, 0.2) is 16.6 Å². The summed E-state index contributed by atoms with van der Waals surface area (Å²) in [6.07, 6.45) is 0. The summed E-state index contributed by atoms with van der Waals surface area (Å²) in [5, 5.41) is 3.72. The molecule has 156 valence electrons. The fourth-order valence-corrected chi connectivity index (χ4v) is 3.69. The summed E-state index contributed by atoms with van der Waals surface area (Å²) < 4.78 is 16.3. The van der Waals surface area contributed by atoms with Crippen LogP contribution in [-0.2, 0) is 0 Å². The summed E-state index contributed by atoms with van der Waals surface area (Å²) in [7, 11) is 4.00. The molecule has 0 aliphatic carbocycles. The predicted molar refractivity (Wildman–Crippen MR) is 116 cm³/mol. The van der Waals surface area contributed by atoms with Crippen LogP contribution in [0.4, 0.5) is 16.6 Å². The lowest BCUT2D eigenvalue weighted by atomic mass is 10.1. The van der Waals surface area contributed by atoms with Crippen LogP contribution in [0.3, 0.4) is 0 Å². The molecule has 8 nitrogen and oxygen atoms in total. The van der Waals surface area contributed by atoms with E-state index in [9.17, 15) is 4.79 Å². The second kappa shape index (κ2) is 8.60. The third-order valence-corrected chi connectivity index (χ3v) is 5.39. The Labute approximate surface area is 178 Å². The number of ether oxygens (including phenoxy) is 3. The molecule has 0 radical (unpaired) electrons. The number of nitrogens with one attached hydrogen (secondary N) is 1. The maximum Gasteiger partial charge on any atom is 0.231 e. The first-order valence-electron chi connectivity index (χ1n) is 9.35. The van der Waals surface area contributed by atoms with E-state index >= 15 is 0 Å². The lowest BCUT2D eigenvalue weighted by Gasteiger charge is -2.11. The second-order valence-corrected chi connectivity index (χ2v) is 7.93. The summed E-state index contributed by atoms with van der Waals surface area (Å²) in [4.78, 5) is 19.6. The van der Waals surface area contributed by atoms with Crippen LogP contribution in [0.1, 0.15) is 15.2 Å². The lowest BCUT2D eigenvalue weighted by molar-refractivity contribution is 0.104. The minimum atomic E-state index is -0.207. The molecule has 0 spiro atoms. The van der Waals surface area contributed by atoms with Gasteiger partial charge in [0.25, 0.3) is 0 Å². The molecule has 2 heterocycles. The molecule has 0 atom stereocenters. The van der Waals surface area contributed by atoms with Crippen LogP contribution in [0.25, 0.3) is 0 Å². The molecule has 0 saturated heterocycles. The van der Waals surface area contributed by atoms with Crippen molar-refractivity contribution in [2.45, 2.75) is 0 Å². The van der Waals surface area contributed by atoms with E-state index in [1.807, 2.05) is 38.4 Å². The number of carbonyl (C=O) groups excluding carboxylic acids is 1. The Morgan fingerprint density at radius 1 is 1.20 bits per heavy atom. The SMILES string of the molecule is CN(C)CCOc1ccc(Nc2nc(N)c(C(=O)c3ccc4c(c3)OCO4)s2)cc1. The molecule has 1 aromatic heterocycles. The molecule has 0 saturated carbocycles. The van der Waals surface area contributed by atoms with Gasteiger partial charge in [0.05, 0.1) is 0 Å². The molecule has 0 bridgehead atoms. The quantitative estimate of drug-likeness (QED) is 0.529. The molecule has 9 heteroatoms.